The van der Waals surface area contributed by atoms with E-state index in [4.69, 9.17) is 0 Å². The van der Waals surface area contributed by atoms with Gasteiger partial charge in [0.15, 0.2) is 0 Å². The Balaban J connectivity index is 1.99. The van der Waals surface area contributed by atoms with Crippen molar-refractivity contribution in [2.24, 2.45) is 5.41 Å². The molecule has 3 rings (SSSR count). The van der Waals surface area contributed by atoms with Crippen molar-refractivity contribution in [3.05, 3.63) is 23.4 Å². The fraction of sp³-hybridized carbons (Fsp3) is 0.667. The Morgan fingerprint density at radius 2 is 2.08 bits per heavy atom. The minimum Gasteiger partial charge on any atom is -0.387 e. The van der Waals surface area contributed by atoms with Crippen molar-refractivity contribution in [2.75, 3.05) is 6.54 Å². The van der Waals surface area contributed by atoms with Gasteiger partial charge >= 0.3 is 0 Å². The van der Waals surface area contributed by atoms with E-state index in [2.05, 4.69) is 17.5 Å². The Bertz CT molecular complexity index is 279. The van der Waals surface area contributed by atoms with E-state index in [0.717, 1.165) is 0 Å². The maximum absolute atomic E-state index is 3.62. The fourth-order valence-corrected chi connectivity index (χ4v) is 3.21. The number of hydrogen-bond acceptors (Lipinski definition) is 1. The first-order valence-corrected chi connectivity index (χ1v) is 5.55. The average molecular weight is 175 g/mol. The van der Waals surface area contributed by atoms with Crippen LogP contribution in [0.4, 0.5) is 0 Å². The quantitative estimate of drug-likeness (QED) is 0.597. The molecule has 0 radical (unpaired) electrons. The van der Waals surface area contributed by atoms with Gasteiger partial charge in [0.25, 0.3) is 0 Å². The zero-order valence-corrected chi connectivity index (χ0v) is 8.10. The lowest BCUT2D eigenvalue weighted by molar-refractivity contribution is 0.396. The molecule has 1 aliphatic heterocycles. The monoisotopic (exact) mass is 175 g/mol. The van der Waals surface area contributed by atoms with Gasteiger partial charge in [0, 0.05) is 17.7 Å². The van der Waals surface area contributed by atoms with Crippen molar-refractivity contribution in [3.8, 4) is 0 Å². The topological polar surface area (TPSA) is 12.0 Å². The third-order valence-electron chi connectivity index (χ3n) is 3.94. The Labute approximate surface area is 79.9 Å². The molecule has 1 heterocycles. The lowest BCUT2D eigenvalue weighted by Gasteiger charge is -2.24. The standard InChI is InChI=1S/C12H17N/c1-2-6-11-10(5-1)12(9-13-11)7-3-4-8-12/h1,5,13H,2-4,6-9H2. The number of hydrogen-bond donors (Lipinski definition) is 1. The molecule has 1 fully saturated rings. The minimum absolute atomic E-state index is 0.562. The van der Waals surface area contributed by atoms with Crippen LogP contribution in [-0.2, 0) is 0 Å². The maximum Gasteiger partial charge on any atom is 0.0241 e. The average Bonchev–Trinajstić information content (AvgIpc) is 2.78. The highest BCUT2D eigenvalue weighted by atomic mass is 14.9. The van der Waals surface area contributed by atoms with Crippen LogP contribution in [0.2, 0.25) is 0 Å². The van der Waals surface area contributed by atoms with E-state index in [-0.39, 0.29) is 0 Å². The molecule has 0 saturated heterocycles. The van der Waals surface area contributed by atoms with Crippen molar-refractivity contribution in [2.45, 2.75) is 38.5 Å². The lowest BCUT2D eigenvalue weighted by atomic mass is 9.78. The van der Waals surface area contributed by atoms with Crippen LogP contribution in [0.15, 0.2) is 23.4 Å². The molecule has 0 atom stereocenters. The molecular formula is C12H17N. The third kappa shape index (κ3) is 0.993. The minimum atomic E-state index is 0.562. The van der Waals surface area contributed by atoms with Crippen LogP contribution < -0.4 is 5.32 Å². The van der Waals surface area contributed by atoms with E-state index in [9.17, 15) is 0 Å². The van der Waals surface area contributed by atoms with E-state index in [1.807, 2.05) is 0 Å². The molecule has 1 N–H and O–H groups in total. The van der Waals surface area contributed by atoms with E-state index < -0.39 is 0 Å². The molecule has 0 bridgehead atoms. The van der Waals surface area contributed by atoms with Crippen molar-refractivity contribution < 1.29 is 0 Å². The Morgan fingerprint density at radius 3 is 2.92 bits per heavy atom. The summed E-state index contributed by atoms with van der Waals surface area (Å²) in [6.45, 7) is 1.22. The number of nitrogens with one attached hydrogen (secondary N) is 1. The van der Waals surface area contributed by atoms with Crippen LogP contribution in [0, 0.1) is 5.41 Å². The smallest absolute Gasteiger partial charge is 0.0241 e. The van der Waals surface area contributed by atoms with Gasteiger partial charge in [-0.2, -0.15) is 0 Å². The SMILES string of the molecule is C1=CC2=C(CC1)NCC21CCCC1. The van der Waals surface area contributed by atoms with Crippen molar-refractivity contribution in [1.29, 1.82) is 0 Å². The van der Waals surface area contributed by atoms with Gasteiger partial charge < -0.3 is 5.32 Å². The molecule has 1 saturated carbocycles. The first kappa shape index (κ1) is 7.66. The number of rotatable bonds is 0. The van der Waals surface area contributed by atoms with Crippen molar-refractivity contribution >= 4 is 0 Å². The summed E-state index contributed by atoms with van der Waals surface area (Å²) in [4.78, 5) is 0. The zero-order chi connectivity index (χ0) is 8.73. The van der Waals surface area contributed by atoms with Gasteiger partial charge in [0.05, 0.1) is 0 Å². The molecule has 3 aliphatic rings. The maximum atomic E-state index is 3.62. The van der Waals surface area contributed by atoms with E-state index in [0.29, 0.717) is 5.41 Å². The molecule has 13 heavy (non-hydrogen) atoms. The Hall–Kier alpha value is -0.720. The Kier molecular flexibility index (Phi) is 1.55. The number of allylic oxidation sites excluding steroid dienone is 3. The highest BCUT2D eigenvalue weighted by Gasteiger charge is 2.41. The molecule has 1 heteroatoms. The first-order valence-electron chi connectivity index (χ1n) is 5.55. The van der Waals surface area contributed by atoms with Crippen LogP contribution in [-0.4, -0.2) is 6.54 Å². The predicted octanol–water partition coefficient (Wildman–Crippen LogP) is 2.75. The lowest BCUT2D eigenvalue weighted by Crippen LogP contribution is -2.23. The van der Waals surface area contributed by atoms with Gasteiger partial charge in [-0.05, 0) is 31.3 Å². The highest BCUT2D eigenvalue weighted by Crippen LogP contribution is 2.49. The fourth-order valence-electron chi connectivity index (χ4n) is 3.21. The molecule has 1 nitrogen and oxygen atoms in total. The van der Waals surface area contributed by atoms with Gasteiger partial charge in [-0.25, -0.2) is 0 Å². The first-order chi connectivity index (χ1) is 6.41. The summed E-state index contributed by atoms with van der Waals surface area (Å²) >= 11 is 0. The Morgan fingerprint density at radius 1 is 1.23 bits per heavy atom. The van der Waals surface area contributed by atoms with E-state index in [1.54, 1.807) is 11.3 Å². The van der Waals surface area contributed by atoms with E-state index >= 15 is 0 Å². The van der Waals surface area contributed by atoms with Gasteiger partial charge in [-0.1, -0.05) is 25.0 Å². The highest BCUT2D eigenvalue weighted by molar-refractivity contribution is 5.39. The normalized spacial score (nSPS) is 29.5. The molecular weight excluding hydrogens is 158 g/mol. The zero-order valence-electron chi connectivity index (χ0n) is 8.10. The molecule has 0 aromatic rings. The molecule has 0 amide bonds. The van der Waals surface area contributed by atoms with Crippen LogP contribution in [0.1, 0.15) is 38.5 Å². The molecule has 70 valence electrons. The second kappa shape index (κ2) is 2.63. The second-order valence-corrected chi connectivity index (χ2v) is 4.67. The summed E-state index contributed by atoms with van der Waals surface area (Å²) in [6, 6.07) is 0. The predicted molar refractivity (Wildman–Crippen MR) is 54.3 cm³/mol. The molecule has 0 aromatic carbocycles. The summed E-state index contributed by atoms with van der Waals surface area (Å²) in [7, 11) is 0. The largest absolute Gasteiger partial charge is 0.387 e. The van der Waals surface area contributed by atoms with Gasteiger partial charge in [0.2, 0.25) is 0 Å². The van der Waals surface area contributed by atoms with Crippen LogP contribution >= 0.6 is 0 Å². The number of fused-ring (bicyclic) bond motifs is 1. The van der Waals surface area contributed by atoms with Gasteiger partial charge in [-0.15, -0.1) is 0 Å². The summed E-state index contributed by atoms with van der Waals surface area (Å²) in [6.07, 6.45) is 13.0. The van der Waals surface area contributed by atoms with Crippen LogP contribution in [0.3, 0.4) is 0 Å². The van der Waals surface area contributed by atoms with Crippen molar-refractivity contribution in [3.63, 3.8) is 0 Å². The summed E-state index contributed by atoms with van der Waals surface area (Å²) in [5.74, 6) is 0. The molecule has 0 aromatic heterocycles. The molecule has 0 unspecified atom stereocenters. The van der Waals surface area contributed by atoms with Gasteiger partial charge in [-0.3, -0.25) is 0 Å². The summed E-state index contributed by atoms with van der Waals surface area (Å²) < 4.78 is 0. The summed E-state index contributed by atoms with van der Waals surface area (Å²) in [5, 5.41) is 3.62. The van der Waals surface area contributed by atoms with Crippen LogP contribution in [0.25, 0.3) is 0 Å². The van der Waals surface area contributed by atoms with Gasteiger partial charge in [0.1, 0.15) is 0 Å². The summed E-state index contributed by atoms with van der Waals surface area (Å²) in [5.41, 5.74) is 3.78. The van der Waals surface area contributed by atoms with Crippen molar-refractivity contribution in [1.82, 2.24) is 5.32 Å². The second-order valence-electron chi connectivity index (χ2n) is 4.67. The molecule has 2 aliphatic carbocycles. The van der Waals surface area contributed by atoms with E-state index in [1.165, 1.54) is 45.1 Å². The molecule has 1 spiro atoms. The third-order valence-corrected chi connectivity index (χ3v) is 3.94. The van der Waals surface area contributed by atoms with Crippen LogP contribution in [0.5, 0.6) is 0 Å².